The van der Waals surface area contributed by atoms with E-state index in [1.54, 1.807) is 0 Å². The normalized spacial score (nSPS) is 26.8. The minimum atomic E-state index is 0.377. The lowest BCUT2D eigenvalue weighted by Crippen LogP contribution is -2.11. The Morgan fingerprint density at radius 1 is 1.69 bits per heavy atom. The Balaban J connectivity index is 2.12. The van der Waals surface area contributed by atoms with Crippen LogP contribution in [0.3, 0.4) is 0 Å². The molecule has 0 aliphatic heterocycles. The van der Waals surface area contributed by atoms with Gasteiger partial charge in [0.25, 0.3) is 0 Å². The predicted octanol–water partition coefficient (Wildman–Crippen LogP) is 1.35. The predicted molar refractivity (Wildman–Crippen MR) is 52.4 cm³/mol. The van der Waals surface area contributed by atoms with Gasteiger partial charge < -0.3 is 5.73 Å². The molecule has 1 aliphatic carbocycles. The molecule has 1 aromatic rings. The van der Waals surface area contributed by atoms with Crippen molar-refractivity contribution in [2.75, 3.05) is 0 Å². The summed E-state index contributed by atoms with van der Waals surface area (Å²) in [5.41, 5.74) is 7.14. The molecule has 0 bridgehead atoms. The molecule has 2 atom stereocenters. The van der Waals surface area contributed by atoms with E-state index in [0.29, 0.717) is 17.9 Å². The van der Waals surface area contributed by atoms with Crippen LogP contribution >= 0.6 is 0 Å². The van der Waals surface area contributed by atoms with Crippen molar-refractivity contribution in [2.45, 2.75) is 38.8 Å². The van der Waals surface area contributed by atoms with Crippen molar-refractivity contribution < 1.29 is 0 Å². The third-order valence-corrected chi connectivity index (χ3v) is 2.51. The summed E-state index contributed by atoms with van der Waals surface area (Å²) in [4.78, 5) is 0. The molecule has 1 heterocycles. The number of hydrogen-bond donors (Lipinski definition) is 1. The van der Waals surface area contributed by atoms with Crippen LogP contribution in [0.1, 0.15) is 31.9 Å². The Hall–Kier alpha value is -0.830. The minimum Gasteiger partial charge on any atom is -0.327 e. The molecule has 2 rings (SSSR count). The van der Waals surface area contributed by atoms with Crippen molar-refractivity contribution >= 4 is 0 Å². The second kappa shape index (κ2) is 3.14. The molecule has 3 heteroatoms. The molecular formula is C10H17N3. The smallest absolute Gasteiger partial charge is 0.0492 e. The Morgan fingerprint density at radius 2 is 2.38 bits per heavy atom. The molecule has 2 N–H and O–H groups in total. The van der Waals surface area contributed by atoms with Crippen molar-refractivity contribution in [1.29, 1.82) is 0 Å². The molecule has 0 aromatic carbocycles. The SMILES string of the molecule is CC(C)Cn1nccc1[C@@H]1C[C@H]1N. The molecule has 1 aromatic heterocycles. The molecule has 0 amide bonds. The first-order valence-corrected chi connectivity index (χ1v) is 4.95. The molecule has 1 aliphatic rings. The topological polar surface area (TPSA) is 43.8 Å². The second-order valence-corrected chi connectivity index (χ2v) is 4.34. The average molecular weight is 179 g/mol. The third kappa shape index (κ3) is 1.75. The standard InChI is InChI=1S/C10H17N3/c1-7(2)6-13-10(3-4-12-13)8-5-9(8)11/h3-4,7-9H,5-6,11H2,1-2H3/t8-,9-/m1/s1. The first kappa shape index (κ1) is 8.75. The van der Waals surface area contributed by atoms with Gasteiger partial charge in [0.05, 0.1) is 0 Å². The highest BCUT2D eigenvalue weighted by molar-refractivity contribution is 5.19. The number of nitrogens with two attached hydrogens (primary N) is 1. The summed E-state index contributed by atoms with van der Waals surface area (Å²) in [5.74, 6) is 1.22. The summed E-state index contributed by atoms with van der Waals surface area (Å²) < 4.78 is 2.10. The van der Waals surface area contributed by atoms with Crippen molar-refractivity contribution in [3.63, 3.8) is 0 Å². The Morgan fingerprint density at radius 3 is 2.92 bits per heavy atom. The van der Waals surface area contributed by atoms with Gasteiger partial charge in [0.1, 0.15) is 0 Å². The van der Waals surface area contributed by atoms with E-state index in [9.17, 15) is 0 Å². The molecule has 0 spiro atoms. The lowest BCUT2D eigenvalue weighted by atomic mass is 10.2. The van der Waals surface area contributed by atoms with Crippen LogP contribution in [0.25, 0.3) is 0 Å². The first-order chi connectivity index (χ1) is 6.18. The van der Waals surface area contributed by atoms with Gasteiger partial charge in [0, 0.05) is 30.4 Å². The molecule has 1 saturated carbocycles. The molecule has 0 radical (unpaired) electrons. The van der Waals surface area contributed by atoms with Crippen LogP contribution in [-0.4, -0.2) is 15.8 Å². The monoisotopic (exact) mass is 179 g/mol. The number of rotatable bonds is 3. The zero-order valence-electron chi connectivity index (χ0n) is 8.27. The van der Waals surface area contributed by atoms with E-state index in [2.05, 4.69) is 29.7 Å². The quantitative estimate of drug-likeness (QED) is 0.761. The van der Waals surface area contributed by atoms with Gasteiger partial charge in [-0.25, -0.2) is 0 Å². The van der Waals surface area contributed by atoms with Gasteiger partial charge >= 0.3 is 0 Å². The van der Waals surface area contributed by atoms with Gasteiger partial charge in [0.15, 0.2) is 0 Å². The van der Waals surface area contributed by atoms with Gasteiger partial charge in [-0.1, -0.05) is 13.8 Å². The largest absolute Gasteiger partial charge is 0.327 e. The highest BCUT2D eigenvalue weighted by atomic mass is 15.3. The number of nitrogens with zero attached hydrogens (tertiary/aromatic N) is 2. The summed E-state index contributed by atoms with van der Waals surface area (Å²) in [6.45, 7) is 5.42. The summed E-state index contributed by atoms with van der Waals surface area (Å²) in [6.07, 6.45) is 3.01. The van der Waals surface area contributed by atoms with Gasteiger partial charge in [-0.15, -0.1) is 0 Å². The van der Waals surface area contributed by atoms with E-state index in [1.165, 1.54) is 5.69 Å². The Bertz CT molecular complexity index is 290. The lowest BCUT2D eigenvalue weighted by molar-refractivity contribution is 0.468. The van der Waals surface area contributed by atoms with E-state index in [1.807, 2.05) is 6.20 Å². The fraction of sp³-hybridized carbons (Fsp3) is 0.700. The Labute approximate surface area is 78.9 Å². The highest BCUT2D eigenvalue weighted by Gasteiger charge is 2.37. The molecule has 13 heavy (non-hydrogen) atoms. The number of aromatic nitrogens is 2. The van der Waals surface area contributed by atoms with Crippen LogP contribution in [0.15, 0.2) is 12.3 Å². The van der Waals surface area contributed by atoms with Gasteiger partial charge in [-0.05, 0) is 18.4 Å². The molecule has 1 fully saturated rings. The zero-order chi connectivity index (χ0) is 9.42. The van der Waals surface area contributed by atoms with Crippen LogP contribution in [0, 0.1) is 5.92 Å². The molecule has 72 valence electrons. The summed E-state index contributed by atoms with van der Waals surface area (Å²) in [6, 6.07) is 2.47. The van der Waals surface area contributed by atoms with E-state index in [-0.39, 0.29) is 0 Å². The van der Waals surface area contributed by atoms with Crippen LogP contribution in [-0.2, 0) is 6.54 Å². The first-order valence-electron chi connectivity index (χ1n) is 4.95. The number of hydrogen-bond acceptors (Lipinski definition) is 2. The van der Waals surface area contributed by atoms with Gasteiger partial charge in [0.2, 0.25) is 0 Å². The maximum absolute atomic E-state index is 5.82. The minimum absolute atomic E-state index is 0.377. The van der Waals surface area contributed by atoms with E-state index < -0.39 is 0 Å². The van der Waals surface area contributed by atoms with Crippen molar-refractivity contribution in [1.82, 2.24) is 9.78 Å². The molecule has 0 unspecified atom stereocenters. The highest BCUT2D eigenvalue weighted by Crippen LogP contribution is 2.38. The fourth-order valence-corrected chi connectivity index (χ4v) is 1.71. The molecule has 3 nitrogen and oxygen atoms in total. The van der Waals surface area contributed by atoms with Gasteiger partial charge in [-0.3, -0.25) is 4.68 Å². The van der Waals surface area contributed by atoms with Crippen LogP contribution < -0.4 is 5.73 Å². The van der Waals surface area contributed by atoms with Crippen LogP contribution in [0.5, 0.6) is 0 Å². The van der Waals surface area contributed by atoms with Crippen LogP contribution in [0.2, 0.25) is 0 Å². The van der Waals surface area contributed by atoms with Gasteiger partial charge in [-0.2, -0.15) is 5.10 Å². The van der Waals surface area contributed by atoms with Crippen LogP contribution in [0.4, 0.5) is 0 Å². The maximum Gasteiger partial charge on any atom is 0.0492 e. The van der Waals surface area contributed by atoms with E-state index in [4.69, 9.17) is 5.73 Å². The summed E-state index contributed by atoms with van der Waals surface area (Å²) in [5, 5.41) is 4.31. The molecular weight excluding hydrogens is 162 g/mol. The lowest BCUT2D eigenvalue weighted by Gasteiger charge is -2.08. The van der Waals surface area contributed by atoms with E-state index >= 15 is 0 Å². The second-order valence-electron chi connectivity index (χ2n) is 4.34. The average Bonchev–Trinajstić information content (AvgIpc) is 2.60. The third-order valence-electron chi connectivity index (χ3n) is 2.51. The van der Waals surface area contributed by atoms with Crippen molar-refractivity contribution in [2.24, 2.45) is 11.7 Å². The zero-order valence-corrected chi connectivity index (χ0v) is 8.27. The van der Waals surface area contributed by atoms with E-state index in [0.717, 1.165) is 13.0 Å². The van der Waals surface area contributed by atoms with Crippen molar-refractivity contribution in [3.8, 4) is 0 Å². The molecule has 0 saturated heterocycles. The Kier molecular flexibility index (Phi) is 2.12. The summed E-state index contributed by atoms with van der Waals surface area (Å²) >= 11 is 0. The maximum atomic E-state index is 5.82. The fourth-order valence-electron chi connectivity index (χ4n) is 1.71. The summed E-state index contributed by atoms with van der Waals surface area (Å²) in [7, 11) is 0. The van der Waals surface area contributed by atoms with Crippen molar-refractivity contribution in [3.05, 3.63) is 18.0 Å².